The van der Waals surface area contributed by atoms with Crippen molar-refractivity contribution in [3.05, 3.63) is 72.9 Å². The highest BCUT2D eigenvalue weighted by atomic mass is 16.6. The number of carbonyl (C=O) groups excluding carboxylic acids is 3. The van der Waals surface area contributed by atoms with E-state index in [1.54, 1.807) is 0 Å². The molecule has 0 N–H and O–H groups in total. The zero-order valence-corrected chi connectivity index (χ0v) is 44.2. The molecule has 0 aliphatic rings. The van der Waals surface area contributed by atoms with E-state index in [0.29, 0.717) is 19.3 Å². The van der Waals surface area contributed by atoms with E-state index in [-0.39, 0.29) is 31.1 Å². The van der Waals surface area contributed by atoms with Crippen LogP contribution in [-0.2, 0) is 28.6 Å². The molecule has 6 heteroatoms. The first-order chi connectivity index (χ1) is 33.0. The van der Waals surface area contributed by atoms with Crippen LogP contribution >= 0.6 is 0 Å². The van der Waals surface area contributed by atoms with E-state index in [0.717, 1.165) is 103 Å². The molecule has 0 unspecified atom stereocenters. The third kappa shape index (κ3) is 53.7. The van der Waals surface area contributed by atoms with Gasteiger partial charge in [-0.2, -0.15) is 0 Å². The number of hydrogen-bond donors (Lipinski definition) is 0. The van der Waals surface area contributed by atoms with Crippen molar-refractivity contribution in [2.75, 3.05) is 13.2 Å². The fourth-order valence-corrected chi connectivity index (χ4v) is 7.93. The second-order valence-electron chi connectivity index (χ2n) is 18.8. The molecule has 0 radical (unpaired) electrons. The minimum atomic E-state index is -0.788. The summed E-state index contributed by atoms with van der Waals surface area (Å²) in [5.41, 5.74) is 0. The van der Waals surface area contributed by atoms with E-state index in [2.05, 4.69) is 93.7 Å². The Bertz CT molecular complexity index is 1260. The summed E-state index contributed by atoms with van der Waals surface area (Å²) in [5, 5.41) is 0. The van der Waals surface area contributed by atoms with Gasteiger partial charge in [-0.1, -0.05) is 241 Å². The number of ether oxygens (including phenoxy) is 3. The lowest BCUT2D eigenvalue weighted by Gasteiger charge is -2.18. The lowest BCUT2D eigenvalue weighted by atomic mass is 10.0. The molecule has 0 fully saturated rings. The quantitative estimate of drug-likeness (QED) is 0.0262. The molecule has 0 amide bonds. The van der Waals surface area contributed by atoms with Crippen molar-refractivity contribution in [1.29, 1.82) is 0 Å². The lowest BCUT2D eigenvalue weighted by Crippen LogP contribution is -2.30. The van der Waals surface area contributed by atoms with Gasteiger partial charge in [0.1, 0.15) is 13.2 Å². The van der Waals surface area contributed by atoms with Gasteiger partial charge in [0.05, 0.1) is 0 Å². The molecule has 0 aromatic rings. The number of rotatable bonds is 51. The van der Waals surface area contributed by atoms with Crippen molar-refractivity contribution in [2.45, 2.75) is 284 Å². The molecule has 0 aliphatic carbocycles. The van der Waals surface area contributed by atoms with Gasteiger partial charge >= 0.3 is 17.9 Å². The molecule has 386 valence electrons. The first-order valence-electron chi connectivity index (χ1n) is 28.4. The Hall–Kier alpha value is -3.15. The van der Waals surface area contributed by atoms with Crippen molar-refractivity contribution in [1.82, 2.24) is 0 Å². The molecule has 0 spiro atoms. The number of unbranched alkanes of at least 4 members (excludes halogenated alkanes) is 28. The van der Waals surface area contributed by atoms with Gasteiger partial charge in [-0.15, -0.1) is 0 Å². The molecule has 0 rings (SSSR count). The van der Waals surface area contributed by atoms with Crippen LogP contribution in [0.3, 0.4) is 0 Å². The Morgan fingerprint density at radius 2 is 0.582 bits per heavy atom. The zero-order chi connectivity index (χ0) is 48.6. The predicted octanol–water partition coefficient (Wildman–Crippen LogP) is 19.0. The summed E-state index contributed by atoms with van der Waals surface area (Å²) in [6.45, 7) is 6.50. The molecule has 67 heavy (non-hydrogen) atoms. The Kier molecular flexibility index (Phi) is 52.8. The van der Waals surface area contributed by atoms with Gasteiger partial charge in [-0.05, 0) is 89.9 Å². The normalized spacial score (nSPS) is 12.6. The van der Waals surface area contributed by atoms with Crippen LogP contribution in [0, 0.1) is 0 Å². The predicted molar refractivity (Wildman–Crippen MR) is 288 cm³/mol. The van der Waals surface area contributed by atoms with E-state index in [9.17, 15) is 14.4 Å². The second-order valence-corrected chi connectivity index (χ2v) is 18.8. The van der Waals surface area contributed by atoms with Gasteiger partial charge in [0.15, 0.2) is 6.10 Å². The van der Waals surface area contributed by atoms with Crippen LogP contribution < -0.4 is 0 Å². The topological polar surface area (TPSA) is 78.9 Å². The first-order valence-corrected chi connectivity index (χ1v) is 28.4. The van der Waals surface area contributed by atoms with E-state index < -0.39 is 6.10 Å². The van der Waals surface area contributed by atoms with Gasteiger partial charge in [0, 0.05) is 19.3 Å². The maximum absolute atomic E-state index is 12.8. The van der Waals surface area contributed by atoms with E-state index in [4.69, 9.17) is 14.2 Å². The number of hydrogen-bond acceptors (Lipinski definition) is 6. The minimum Gasteiger partial charge on any atom is -0.462 e. The molecule has 0 aliphatic heterocycles. The van der Waals surface area contributed by atoms with E-state index >= 15 is 0 Å². The summed E-state index contributed by atoms with van der Waals surface area (Å²) in [5.74, 6) is -0.904. The van der Waals surface area contributed by atoms with Gasteiger partial charge in [0.2, 0.25) is 0 Å². The minimum absolute atomic E-state index is 0.0846. The van der Waals surface area contributed by atoms with Crippen LogP contribution in [0.4, 0.5) is 0 Å². The largest absolute Gasteiger partial charge is 0.462 e. The van der Waals surface area contributed by atoms with Crippen molar-refractivity contribution in [3.8, 4) is 0 Å². The summed E-state index contributed by atoms with van der Waals surface area (Å²) in [6, 6.07) is 0. The summed E-state index contributed by atoms with van der Waals surface area (Å²) < 4.78 is 16.8. The standard InChI is InChI=1S/C61H106O6/c1-4-7-10-13-16-19-22-25-27-29-30-32-33-36-39-42-45-48-51-54-60(63)66-57-58(56-65-59(62)53-50-47-44-41-38-35-24-21-18-15-12-9-6-3)67-61(64)55-52-49-46-43-40-37-34-31-28-26-23-20-17-14-11-8-5-2/h8,11,16-17,19-20,25-28,34,37,58H,4-7,9-10,12-15,18,21-24,29-33,35-36,38-57H2,1-3H3/b11-8-,19-16-,20-17-,27-25-,28-26-,37-34-/t58-/m0/s1. The highest BCUT2D eigenvalue weighted by molar-refractivity contribution is 5.71. The molecular formula is C61H106O6. The van der Waals surface area contributed by atoms with Gasteiger partial charge in [0.25, 0.3) is 0 Å². The third-order valence-corrected chi connectivity index (χ3v) is 12.2. The smallest absolute Gasteiger partial charge is 0.306 e. The van der Waals surface area contributed by atoms with Gasteiger partial charge < -0.3 is 14.2 Å². The Balaban J connectivity index is 4.40. The molecule has 0 bridgehead atoms. The average molecular weight is 936 g/mol. The van der Waals surface area contributed by atoms with Crippen molar-refractivity contribution in [2.24, 2.45) is 0 Å². The Morgan fingerprint density at radius 1 is 0.313 bits per heavy atom. The molecule has 1 atom stereocenters. The third-order valence-electron chi connectivity index (χ3n) is 12.2. The number of allylic oxidation sites excluding steroid dienone is 12. The molecule has 0 heterocycles. The lowest BCUT2D eigenvalue weighted by molar-refractivity contribution is -0.167. The number of esters is 3. The Labute approximate surface area is 414 Å². The maximum Gasteiger partial charge on any atom is 0.306 e. The van der Waals surface area contributed by atoms with Crippen LogP contribution in [0.1, 0.15) is 278 Å². The second kappa shape index (κ2) is 55.4. The summed E-state index contributed by atoms with van der Waals surface area (Å²) in [4.78, 5) is 38.1. The molecular weight excluding hydrogens is 829 g/mol. The number of carbonyl (C=O) groups is 3. The first kappa shape index (κ1) is 63.8. The van der Waals surface area contributed by atoms with Crippen molar-refractivity contribution < 1.29 is 28.6 Å². The van der Waals surface area contributed by atoms with Gasteiger partial charge in [-0.3, -0.25) is 14.4 Å². The molecule has 0 saturated carbocycles. The van der Waals surface area contributed by atoms with Crippen LogP contribution in [0.2, 0.25) is 0 Å². The maximum atomic E-state index is 12.8. The van der Waals surface area contributed by atoms with E-state index in [1.807, 2.05) is 0 Å². The van der Waals surface area contributed by atoms with Crippen LogP contribution in [0.25, 0.3) is 0 Å². The SMILES string of the molecule is CC/C=C\C/C=C\C/C=C\C/C=C\CCCCCCC(=O)O[C@H](COC(=O)CCCCCCCCCCC/C=C\C/C=C\CCCCC)COC(=O)CCCCCCCCCCCCCCC. The van der Waals surface area contributed by atoms with Crippen LogP contribution in [0.5, 0.6) is 0 Å². The van der Waals surface area contributed by atoms with Crippen molar-refractivity contribution >= 4 is 17.9 Å². The summed E-state index contributed by atoms with van der Waals surface area (Å²) >= 11 is 0. The highest BCUT2D eigenvalue weighted by Gasteiger charge is 2.19. The summed E-state index contributed by atoms with van der Waals surface area (Å²) in [6.07, 6.45) is 70.3. The fourth-order valence-electron chi connectivity index (χ4n) is 7.93. The van der Waals surface area contributed by atoms with Crippen LogP contribution in [-0.4, -0.2) is 37.2 Å². The Morgan fingerprint density at radius 3 is 0.940 bits per heavy atom. The molecule has 0 aromatic carbocycles. The van der Waals surface area contributed by atoms with E-state index in [1.165, 1.54) is 135 Å². The van der Waals surface area contributed by atoms with Crippen LogP contribution in [0.15, 0.2) is 72.9 Å². The zero-order valence-electron chi connectivity index (χ0n) is 44.2. The average Bonchev–Trinajstić information content (AvgIpc) is 3.33. The van der Waals surface area contributed by atoms with Gasteiger partial charge in [-0.25, -0.2) is 0 Å². The fraction of sp³-hybridized carbons (Fsp3) is 0.754. The summed E-state index contributed by atoms with van der Waals surface area (Å²) in [7, 11) is 0. The molecule has 0 saturated heterocycles. The molecule has 6 nitrogen and oxygen atoms in total. The monoisotopic (exact) mass is 935 g/mol. The van der Waals surface area contributed by atoms with Crippen molar-refractivity contribution in [3.63, 3.8) is 0 Å². The molecule has 0 aromatic heterocycles. The highest BCUT2D eigenvalue weighted by Crippen LogP contribution is 2.15.